The van der Waals surface area contributed by atoms with E-state index >= 15 is 0 Å². The highest BCUT2D eigenvalue weighted by Crippen LogP contribution is 2.20. The molecule has 0 atom stereocenters. The van der Waals surface area contributed by atoms with E-state index in [0.29, 0.717) is 6.54 Å². The van der Waals surface area contributed by atoms with Crippen LogP contribution >= 0.6 is 0 Å². The Hall–Kier alpha value is -1.75. The minimum absolute atomic E-state index is 0.109. The molecular weight excluding hydrogens is 206 g/mol. The zero-order valence-electron chi connectivity index (χ0n) is 8.83. The highest BCUT2D eigenvalue weighted by molar-refractivity contribution is 5.70. The smallest absolute Gasteiger partial charge is 0.317 e. The standard InChI is InChI=1S/C11H13N3O2/c15-11(16)8-14-5-2-9(3-6-14)10-1-4-12-13-7-10/h1-2,4,7H,3,5-6,8H2,(H,15,16). The summed E-state index contributed by atoms with van der Waals surface area (Å²) < 4.78 is 0. The molecule has 84 valence electrons. The Morgan fingerprint density at radius 2 is 2.38 bits per heavy atom. The van der Waals surface area contributed by atoms with E-state index in [-0.39, 0.29) is 6.54 Å². The molecule has 2 heterocycles. The second kappa shape index (κ2) is 4.85. The average Bonchev–Trinajstić information content (AvgIpc) is 2.30. The number of aromatic nitrogens is 2. The Balaban J connectivity index is 2.01. The molecule has 0 aromatic carbocycles. The fourth-order valence-corrected chi connectivity index (χ4v) is 1.79. The molecule has 5 nitrogen and oxygen atoms in total. The highest BCUT2D eigenvalue weighted by atomic mass is 16.4. The van der Waals surface area contributed by atoms with Crippen LogP contribution in [-0.2, 0) is 4.79 Å². The van der Waals surface area contributed by atoms with E-state index in [4.69, 9.17) is 5.11 Å². The van der Waals surface area contributed by atoms with Crippen LogP contribution in [0.15, 0.2) is 24.5 Å². The van der Waals surface area contributed by atoms with Crippen molar-refractivity contribution in [3.63, 3.8) is 0 Å². The van der Waals surface area contributed by atoms with E-state index in [0.717, 1.165) is 18.5 Å². The maximum atomic E-state index is 10.5. The number of aliphatic carboxylic acids is 1. The van der Waals surface area contributed by atoms with Crippen LogP contribution in [0.4, 0.5) is 0 Å². The number of carboxylic acid groups (broad SMARTS) is 1. The van der Waals surface area contributed by atoms with Crippen LogP contribution in [-0.4, -0.2) is 45.8 Å². The van der Waals surface area contributed by atoms with Gasteiger partial charge in [0.05, 0.1) is 18.9 Å². The lowest BCUT2D eigenvalue weighted by Gasteiger charge is -2.24. The lowest BCUT2D eigenvalue weighted by atomic mass is 10.0. The first-order valence-corrected chi connectivity index (χ1v) is 5.16. The third-order valence-corrected chi connectivity index (χ3v) is 2.61. The fraction of sp³-hybridized carbons (Fsp3) is 0.364. The van der Waals surface area contributed by atoms with Crippen molar-refractivity contribution in [1.82, 2.24) is 15.1 Å². The van der Waals surface area contributed by atoms with Crippen molar-refractivity contribution in [3.8, 4) is 0 Å². The number of hydrogen-bond donors (Lipinski definition) is 1. The summed E-state index contributed by atoms with van der Waals surface area (Å²) >= 11 is 0. The van der Waals surface area contributed by atoms with Crippen LogP contribution in [0.2, 0.25) is 0 Å². The van der Waals surface area contributed by atoms with Crippen molar-refractivity contribution < 1.29 is 9.90 Å². The summed E-state index contributed by atoms with van der Waals surface area (Å²) in [5.41, 5.74) is 2.29. The van der Waals surface area contributed by atoms with Gasteiger partial charge in [-0.15, -0.1) is 0 Å². The topological polar surface area (TPSA) is 66.3 Å². The van der Waals surface area contributed by atoms with E-state index in [9.17, 15) is 4.79 Å². The van der Waals surface area contributed by atoms with Gasteiger partial charge in [-0.2, -0.15) is 10.2 Å². The van der Waals surface area contributed by atoms with Gasteiger partial charge in [0.2, 0.25) is 0 Å². The van der Waals surface area contributed by atoms with Gasteiger partial charge in [-0.1, -0.05) is 6.08 Å². The Morgan fingerprint density at radius 1 is 1.50 bits per heavy atom. The van der Waals surface area contributed by atoms with Gasteiger partial charge in [0.25, 0.3) is 0 Å². The van der Waals surface area contributed by atoms with Gasteiger partial charge >= 0.3 is 5.97 Å². The average molecular weight is 219 g/mol. The molecule has 0 spiro atoms. The minimum atomic E-state index is -0.776. The summed E-state index contributed by atoms with van der Waals surface area (Å²) in [4.78, 5) is 12.4. The molecular formula is C11H13N3O2. The van der Waals surface area contributed by atoms with Crippen molar-refractivity contribution in [2.75, 3.05) is 19.6 Å². The molecule has 1 aliphatic rings. The van der Waals surface area contributed by atoms with E-state index in [1.807, 2.05) is 11.0 Å². The van der Waals surface area contributed by atoms with E-state index in [2.05, 4.69) is 16.3 Å². The van der Waals surface area contributed by atoms with E-state index in [1.54, 1.807) is 12.4 Å². The van der Waals surface area contributed by atoms with Crippen molar-refractivity contribution in [3.05, 3.63) is 30.1 Å². The first-order valence-electron chi connectivity index (χ1n) is 5.16. The molecule has 0 fully saturated rings. The monoisotopic (exact) mass is 219 g/mol. The lowest BCUT2D eigenvalue weighted by Crippen LogP contribution is -2.33. The third kappa shape index (κ3) is 2.64. The normalized spacial score (nSPS) is 16.9. The maximum Gasteiger partial charge on any atom is 0.317 e. The minimum Gasteiger partial charge on any atom is -0.480 e. The lowest BCUT2D eigenvalue weighted by molar-refractivity contribution is -0.138. The zero-order valence-corrected chi connectivity index (χ0v) is 8.83. The van der Waals surface area contributed by atoms with Crippen molar-refractivity contribution in [2.45, 2.75) is 6.42 Å². The second-order valence-electron chi connectivity index (χ2n) is 3.74. The Morgan fingerprint density at radius 3 is 2.94 bits per heavy atom. The van der Waals surface area contributed by atoms with Crippen LogP contribution in [0, 0.1) is 0 Å². The number of carbonyl (C=O) groups is 1. The number of hydrogen-bond acceptors (Lipinski definition) is 4. The summed E-state index contributed by atoms with van der Waals surface area (Å²) in [5, 5.41) is 16.2. The molecule has 1 aliphatic heterocycles. The SMILES string of the molecule is O=C(O)CN1CC=C(c2ccnnc2)CC1. The molecule has 0 unspecified atom stereocenters. The van der Waals surface area contributed by atoms with Crippen molar-refractivity contribution >= 4 is 11.5 Å². The van der Waals surface area contributed by atoms with Gasteiger partial charge in [0.1, 0.15) is 0 Å². The molecule has 0 bridgehead atoms. The van der Waals surface area contributed by atoms with Crippen LogP contribution in [0.3, 0.4) is 0 Å². The van der Waals surface area contributed by atoms with Gasteiger partial charge in [0, 0.05) is 13.1 Å². The number of carboxylic acids is 1. The predicted octanol–water partition coefficient (Wildman–Crippen LogP) is 0.650. The molecule has 0 aliphatic carbocycles. The molecule has 2 rings (SSSR count). The number of nitrogens with zero attached hydrogens (tertiary/aromatic N) is 3. The summed E-state index contributed by atoms with van der Waals surface area (Å²) in [6, 6.07) is 1.92. The van der Waals surface area contributed by atoms with E-state index in [1.165, 1.54) is 5.57 Å². The molecule has 0 saturated carbocycles. The molecule has 1 N–H and O–H groups in total. The molecule has 0 saturated heterocycles. The Bertz CT molecular complexity index is 403. The van der Waals surface area contributed by atoms with Crippen LogP contribution in [0.25, 0.3) is 5.57 Å². The van der Waals surface area contributed by atoms with Gasteiger partial charge in [0.15, 0.2) is 0 Å². The first kappa shape index (κ1) is 10.8. The summed E-state index contributed by atoms with van der Waals surface area (Å²) in [6.45, 7) is 1.57. The summed E-state index contributed by atoms with van der Waals surface area (Å²) in [7, 11) is 0. The zero-order chi connectivity index (χ0) is 11.4. The van der Waals surface area contributed by atoms with Crippen LogP contribution in [0.5, 0.6) is 0 Å². The van der Waals surface area contributed by atoms with E-state index < -0.39 is 5.97 Å². The largest absolute Gasteiger partial charge is 0.480 e. The van der Waals surface area contributed by atoms with Crippen LogP contribution in [0.1, 0.15) is 12.0 Å². The van der Waals surface area contributed by atoms with Crippen molar-refractivity contribution in [1.29, 1.82) is 0 Å². The Kier molecular flexibility index (Phi) is 3.26. The molecule has 1 aromatic heterocycles. The molecule has 0 radical (unpaired) electrons. The van der Waals surface area contributed by atoms with Gasteiger partial charge < -0.3 is 5.11 Å². The molecule has 1 aromatic rings. The third-order valence-electron chi connectivity index (χ3n) is 2.61. The fourth-order valence-electron chi connectivity index (χ4n) is 1.79. The quantitative estimate of drug-likeness (QED) is 0.808. The molecule has 5 heteroatoms. The van der Waals surface area contributed by atoms with Crippen LogP contribution < -0.4 is 0 Å². The number of rotatable bonds is 3. The summed E-state index contributed by atoms with van der Waals surface area (Å²) in [5.74, 6) is -0.776. The van der Waals surface area contributed by atoms with Gasteiger partial charge in [-0.25, -0.2) is 0 Å². The summed E-state index contributed by atoms with van der Waals surface area (Å²) in [6.07, 6.45) is 6.32. The Labute approximate surface area is 93.4 Å². The van der Waals surface area contributed by atoms with Gasteiger partial charge in [-0.05, 0) is 23.6 Å². The second-order valence-corrected chi connectivity index (χ2v) is 3.74. The van der Waals surface area contributed by atoms with Crippen molar-refractivity contribution in [2.24, 2.45) is 0 Å². The highest BCUT2D eigenvalue weighted by Gasteiger charge is 2.14. The molecule has 16 heavy (non-hydrogen) atoms. The van der Waals surface area contributed by atoms with Gasteiger partial charge in [-0.3, -0.25) is 9.69 Å². The maximum absolute atomic E-state index is 10.5. The molecule has 0 amide bonds. The predicted molar refractivity (Wildman–Crippen MR) is 58.7 cm³/mol. The first-order chi connectivity index (χ1) is 7.75.